The van der Waals surface area contributed by atoms with Gasteiger partial charge in [-0.25, -0.2) is 13.8 Å². The minimum Gasteiger partial charge on any atom is -0.381 e. The maximum atomic E-state index is 13.9. The first-order chi connectivity index (χ1) is 9.16. The SMILES string of the molecule is Nc1nc2ccc(F)c(F)c2n1CCC1CCOC1. The molecule has 1 unspecified atom stereocenters. The van der Waals surface area contributed by atoms with Gasteiger partial charge in [-0.3, -0.25) is 0 Å². The quantitative estimate of drug-likeness (QED) is 0.928. The number of fused-ring (bicyclic) bond motifs is 1. The molecular formula is C13H15F2N3O. The van der Waals surface area contributed by atoms with Crippen LogP contribution in [0.4, 0.5) is 14.7 Å². The monoisotopic (exact) mass is 267 g/mol. The topological polar surface area (TPSA) is 53.1 Å². The van der Waals surface area contributed by atoms with E-state index in [9.17, 15) is 8.78 Å². The van der Waals surface area contributed by atoms with Gasteiger partial charge in [0, 0.05) is 19.8 Å². The molecule has 1 fully saturated rings. The summed E-state index contributed by atoms with van der Waals surface area (Å²) in [6.07, 6.45) is 1.83. The van der Waals surface area contributed by atoms with Gasteiger partial charge in [0.25, 0.3) is 0 Å². The summed E-state index contributed by atoms with van der Waals surface area (Å²) < 4.78 is 34.0. The van der Waals surface area contributed by atoms with E-state index in [2.05, 4.69) is 4.98 Å². The van der Waals surface area contributed by atoms with E-state index in [1.165, 1.54) is 6.07 Å². The predicted octanol–water partition coefficient (Wildman–Crippen LogP) is 2.32. The van der Waals surface area contributed by atoms with Crippen LogP contribution in [0.25, 0.3) is 11.0 Å². The fourth-order valence-electron chi connectivity index (χ4n) is 2.52. The van der Waals surface area contributed by atoms with Crippen molar-refractivity contribution >= 4 is 17.0 Å². The van der Waals surface area contributed by atoms with Crippen LogP contribution in [0.2, 0.25) is 0 Å². The Bertz CT molecular complexity index is 605. The van der Waals surface area contributed by atoms with Gasteiger partial charge in [0.05, 0.1) is 5.52 Å². The molecule has 4 nitrogen and oxygen atoms in total. The van der Waals surface area contributed by atoms with Gasteiger partial charge in [0.1, 0.15) is 5.52 Å². The van der Waals surface area contributed by atoms with Crippen molar-refractivity contribution in [2.75, 3.05) is 18.9 Å². The number of hydrogen-bond acceptors (Lipinski definition) is 3. The molecule has 1 aromatic heterocycles. The van der Waals surface area contributed by atoms with Crippen molar-refractivity contribution in [3.05, 3.63) is 23.8 Å². The second-order valence-corrected chi connectivity index (χ2v) is 4.87. The van der Waals surface area contributed by atoms with Crippen LogP contribution in [0.5, 0.6) is 0 Å². The van der Waals surface area contributed by atoms with E-state index >= 15 is 0 Å². The largest absolute Gasteiger partial charge is 0.381 e. The summed E-state index contributed by atoms with van der Waals surface area (Å²) in [5.41, 5.74) is 6.33. The molecule has 2 heterocycles. The Kier molecular flexibility index (Phi) is 3.10. The highest BCUT2D eigenvalue weighted by atomic mass is 19.2. The van der Waals surface area contributed by atoms with Crippen molar-refractivity contribution in [2.24, 2.45) is 5.92 Å². The lowest BCUT2D eigenvalue weighted by Gasteiger charge is -2.10. The number of aromatic nitrogens is 2. The molecule has 0 radical (unpaired) electrons. The highest BCUT2D eigenvalue weighted by molar-refractivity contribution is 5.79. The fourth-order valence-corrected chi connectivity index (χ4v) is 2.52. The molecule has 1 atom stereocenters. The Balaban J connectivity index is 1.92. The number of nitrogens with two attached hydrogens (primary N) is 1. The van der Waals surface area contributed by atoms with Crippen molar-refractivity contribution in [3.8, 4) is 0 Å². The van der Waals surface area contributed by atoms with Crippen LogP contribution < -0.4 is 5.73 Å². The van der Waals surface area contributed by atoms with E-state index in [1.807, 2.05) is 0 Å². The number of halogens is 2. The number of rotatable bonds is 3. The Morgan fingerprint density at radius 2 is 2.26 bits per heavy atom. The highest BCUT2D eigenvalue weighted by Crippen LogP contribution is 2.25. The molecular weight excluding hydrogens is 252 g/mol. The average Bonchev–Trinajstić information content (AvgIpc) is 2.99. The molecule has 6 heteroatoms. The van der Waals surface area contributed by atoms with Gasteiger partial charge in [0.2, 0.25) is 5.95 Å². The Hall–Kier alpha value is -1.69. The van der Waals surface area contributed by atoms with Crippen LogP contribution in [0.1, 0.15) is 12.8 Å². The zero-order chi connectivity index (χ0) is 13.4. The molecule has 1 aromatic carbocycles. The standard InChI is InChI=1S/C13H15F2N3O/c14-9-1-2-10-12(11(9)15)18(13(16)17-10)5-3-8-4-6-19-7-8/h1-2,8H,3-7H2,(H2,16,17). The smallest absolute Gasteiger partial charge is 0.201 e. The maximum absolute atomic E-state index is 13.9. The summed E-state index contributed by atoms with van der Waals surface area (Å²) in [6, 6.07) is 2.51. The van der Waals surface area contributed by atoms with Gasteiger partial charge in [-0.15, -0.1) is 0 Å². The van der Waals surface area contributed by atoms with E-state index in [0.29, 0.717) is 18.0 Å². The van der Waals surface area contributed by atoms with Crippen molar-refractivity contribution < 1.29 is 13.5 Å². The minimum atomic E-state index is -0.885. The fraction of sp³-hybridized carbons (Fsp3) is 0.462. The van der Waals surface area contributed by atoms with Gasteiger partial charge >= 0.3 is 0 Å². The summed E-state index contributed by atoms with van der Waals surface area (Å²) >= 11 is 0. The number of hydrogen-bond donors (Lipinski definition) is 1. The molecule has 1 saturated heterocycles. The molecule has 0 bridgehead atoms. The lowest BCUT2D eigenvalue weighted by Crippen LogP contribution is -2.09. The molecule has 1 aliphatic heterocycles. The number of nitrogen functional groups attached to an aromatic ring is 1. The number of nitrogens with zero attached hydrogens (tertiary/aromatic N) is 2. The molecule has 1 aliphatic rings. The minimum absolute atomic E-state index is 0.149. The van der Waals surface area contributed by atoms with Gasteiger partial charge in [0.15, 0.2) is 11.6 Å². The van der Waals surface area contributed by atoms with E-state index in [0.717, 1.165) is 32.1 Å². The van der Waals surface area contributed by atoms with Gasteiger partial charge in [-0.2, -0.15) is 0 Å². The van der Waals surface area contributed by atoms with Crippen LogP contribution in [-0.2, 0) is 11.3 Å². The average molecular weight is 267 g/mol. The van der Waals surface area contributed by atoms with Crippen molar-refractivity contribution in [2.45, 2.75) is 19.4 Å². The molecule has 0 saturated carbocycles. The lowest BCUT2D eigenvalue weighted by atomic mass is 10.1. The van der Waals surface area contributed by atoms with Crippen LogP contribution in [0.3, 0.4) is 0 Å². The maximum Gasteiger partial charge on any atom is 0.201 e. The van der Waals surface area contributed by atoms with Gasteiger partial charge in [-0.05, 0) is 30.9 Å². The van der Waals surface area contributed by atoms with Crippen LogP contribution in [0.15, 0.2) is 12.1 Å². The number of imidazole rings is 1. The number of benzene rings is 1. The zero-order valence-corrected chi connectivity index (χ0v) is 10.4. The Morgan fingerprint density at radius 3 is 3.00 bits per heavy atom. The zero-order valence-electron chi connectivity index (χ0n) is 10.4. The van der Waals surface area contributed by atoms with Crippen molar-refractivity contribution in [1.82, 2.24) is 9.55 Å². The van der Waals surface area contributed by atoms with Crippen LogP contribution >= 0.6 is 0 Å². The highest BCUT2D eigenvalue weighted by Gasteiger charge is 2.19. The third-order valence-electron chi connectivity index (χ3n) is 3.61. The molecule has 0 spiro atoms. The molecule has 19 heavy (non-hydrogen) atoms. The normalized spacial score (nSPS) is 19.4. The number of aryl methyl sites for hydroxylation is 1. The molecule has 2 N–H and O–H groups in total. The summed E-state index contributed by atoms with van der Waals surface area (Å²) in [6.45, 7) is 2.02. The number of anilines is 1. The molecule has 3 rings (SSSR count). The summed E-state index contributed by atoms with van der Waals surface area (Å²) in [4.78, 5) is 4.06. The number of ether oxygens (including phenoxy) is 1. The first-order valence-electron chi connectivity index (χ1n) is 6.34. The molecule has 2 aromatic rings. The molecule has 0 amide bonds. The Morgan fingerprint density at radius 1 is 1.42 bits per heavy atom. The van der Waals surface area contributed by atoms with Crippen LogP contribution in [-0.4, -0.2) is 22.8 Å². The second-order valence-electron chi connectivity index (χ2n) is 4.87. The van der Waals surface area contributed by atoms with E-state index in [4.69, 9.17) is 10.5 Å². The summed E-state index contributed by atoms with van der Waals surface area (Å²) in [7, 11) is 0. The Labute approximate surface area is 109 Å². The summed E-state index contributed by atoms with van der Waals surface area (Å²) in [5, 5.41) is 0. The van der Waals surface area contributed by atoms with E-state index in [1.54, 1.807) is 4.57 Å². The third kappa shape index (κ3) is 2.16. The first-order valence-corrected chi connectivity index (χ1v) is 6.34. The molecule has 0 aliphatic carbocycles. The second kappa shape index (κ2) is 4.77. The lowest BCUT2D eigenvalue weighted by molar-refractivity contribution is 0.183. The van der Waals surface area contributed by atoms with Gasteiger partial charge < -0.3 is 15.0 Å². The summed E-state index contributed by atoms with van der Waals surface area (Å²) in [5.74, 6) is -1.09. The van der Waals surface area contributed by atoms with Crippen molar-refractivity contribution in [3.63, 3.8) is 0 Å². The molecule has 102 valence electrons. The van der Waals surface area contributed by atoms with E-state index < -0.39 is 11.6 Å². The first kappa shape index (κ1) is 12.3. The van der Waals surface area contributed by atoms with E-state index in [-0.39, 0.29) is 11.5 Å². The predicted molar refractivity (Wildman–Crippen MR) is 67.6 cm³/mol. The van der Waals surface area contributed by atoms with Crippen molar-refractivity contribution in [1.29, 1.82) is 0 Å². The third-order valence-corrected chi connectivity index (χ3v) is 3.61. The van der Waals surface area contributed by atoms with Crippen LogP contribution in [0, 0.1) is 17.6 Å². The van der Waals surface area contributed by atoms with Gasteiger partial charge in [-0.1, -0.05) is 0 Å².